The zero-order valence-electron chi connectivity index (χ0n) is 23.3. The minimum absolute atomic E-state index is 0.208. The SMILES string of the molecule is COc1cc(-c2csc3c(C=CCNCc4ccccn4)cnc(N)c23)ccc1NC(=O)c1cc2ccccc2n1C. The maximum absolute atomic E-state index is 13.2. The van der Waals surface area contributed by atoms with Gasteiger partial charge in [-0.15, -0.1) is 11.3 Å². The molecule has 0 saturated carbocycles. The Morgan fingerprint density at radius 1 is 1.10 bits per heavy atom. The third-order valence-electron chi connectivity index (χ3n) is 7.19. The monoisotopic (exact) mass is 574 g/mol. The lowest BCUT2D eigenvalue weighted by Gasteiger charge is -2.13. The molecule has 4 heterocycles. The van der Waals surface area contributed by atoms with E-state index in [1.54, 1.807) is 30.8 Å². The molecular weight excluding hydrogens is 544 g/mol. The average Bonchev–Trinajstić information content (AvgIpc) is 3.61. The number of carbonyl (C=O) groups is 1. The minimum atomic E-state index is -0.208. The van der Waals surface area contributed by atoms with E-state index < -0.39 is 0 Å². The number of rotatable bonds is 9. The number of nitrogen functional groups attached to an aromatic ring is 1. The van der Waals surface area contributed by atoms with Crippen molar-refractivity contribution in [2.24, 2.45) is 7.05 Å². The van der Waals surface area contributed by atoms with Gasteiger partial charge in [0, 0.05) is 64.6 Å². The second kappa shape index (κ2) is 11.9. The maximum Gasteiger partial charge on any atom is 0.272 e. The summed E-state index contributed by atoms with van der Waals surface area (Å²) in [7, 11) is 3.48. The number of aromatic nitrogens is 3. The van der Waals surface area contributed by atoms with E-state index in [1.165, 1.54) is 0 Å². The zero-order valence-corrected chi connectivity index (χ0v) is 24.1. The van der Waals surface area contributed by atoms with Gasteiger partial charge in [-0.2, -0.15) is 0 Å². The number of nitrogens with zero attached hydrogens (tertiary/aromatic N) is 3. The zero-order chi connectivity index (χ0) is 29.1. The van der Waals surface area contributed by atoms with Crippen molar-refractivity contribution in [3.63, 3.8) is 0 Å². The van der Waals surface area contributed by atoms with Crippen molar-refractivity contribution in [1.29, 1.82) is 0 Å². The first-order chi connectivity index (χ1) is 20.5. The summed E-state index contributed by atoms with van der Waals surface area (Å²) in [5.74, 6) is 0.819. The molecule has 1 amide bonds. The van der Waals surface area contributed by atoms with E-state index in [1.807, 2.05) is 78.3 Å². The van der Waals surface area contributed by atoms with Gasteiger partial charge in [-0.05, 0) is 47.3 Å². The normalized spacial score (nSPS) is 11.5. The van der Waals surface area contributed by atoms with Crippen molar-refractivity contribution in [1.82, 2.24) is 19.9 Å². The number of fused-ring (bicyclic) bond motifs is 2. The number of anilines is 2. The van der Waals surface area contributed by atoms with E-state index in [0.717, 1.165) is 43.4 Å². The lowest BCUT2D eigenvalue weighted by molar-refractivity contribution is 0.101. The van der Waals surface area contributed by atoms with Crippen LogP contribution in [0.3, 0.4) is 0 Å². The molecule has 2 aromatic carbocycles. The first-order valence-corrected chi connectivity index (χ1v) is 14.4. The second-order valence-corrected chi connectivity index (χ2v) is 10.7. The molecule has 210 valence electrons. The van der Waals surface area contributed by atoms with Gasteiger partial charge >= 0.3 is 0 Å². The van der Waals surface area contributed by atoms with Gasteiger partial charge in [0.15, 0.2) is 0 Å². The first-order valence-electron chi connectivity index (χ1n) is 13.5. The van der Waals surface area contributed by atoms with Gasteiger partial charge in [0.05, 0.1) is 18.5 Å². The molecule has 0 fully saturated rings. The van der Waals surface area contributed by atoms with Crippen LogP contribution < -0.4 is 21.1 Å². The fourth-order valence-electron chi connectivity index (χ4n) is 5.05. The summed E-state index contributed by atoms with van der Waals surface area (Å²) in [6, 6.07) is 21.4. The van der Waals surface area contributed by atoms with Crippen LogP contribution in [0, 0.1) is 0 Å². The number of aryl methyl sites for hydroxylation is 1. The summed E-state index contributed by atoms with van der Waals surface area (Å²) in [6.45, 7) is 1.40. The predicted octanol–water partition coefficient (Wildman–Crippen LogP) is 6.50. The van der Waals surface area contributed by atoms with E-state index in [9.17, 15) is 4.79 Å². The van der Waals surface area contributed by atoms with Crippen molar-refractivity contribution >= 4 is 55.8 Å². The van der Waals surface area contributed by atoms with Crippen LogP contribution >= 0.6 is 11.3 Å². The number of para-hydroxylation sites is 1. The topological polar surface area (TPSA) is 107 Å². The van der Waals surface area contributed by atoms with Crippen molar-refractivity contribution in [3.8, 4) is 16.9 Å². The highest BCUT2D eigenvalue weighted by atomic mass is 32.1. The Labute approximate surface area is 247 Å². The molecule has 4 N–H and O–H groups in total. The smallest absolute Gasteiger partial charge is 0.272 e. The summed E-state index contributed by atoms with van der Waals surface area (Å²) < 4.78 is 8.65. The van der Waals surface area contributed by atoms with E-state index in [0.29, 0.717) is 36.0 Å². The minimum Gasteiger partial charge on any atom is -0.495 e. The number of benzene rings is 2. The fourth-order valence-corrected chi connectivity index (χ4v) is 6.12. The van der Waals surface area contributed by atoms with Gasteiger partial charge in [0.1, 0.15) is 17.3 Å². The molecule has 0 radical (unpaired) electrons. The molecule has 6 rings (SSSR count). The molecule has 0 aliphatic carbocycles. The van der Waals surface area contributed by atoms with E-state index >= 15 is 0 Å². The molecule has 0 spiro atoms. The number of methoxy groups -OCH3 is 1. The Kier molecular flexibility index (Phi) is 7.68. The first kappa shape index (κ1) is 27.2. The molecule has 0 aliphatic rings. The Hall–Kier alpha value is -4.99. The fraction of sp³-hybridized carbons (Fsp3) is 0.121. The number of ether oxygens (including phenoxy) is 1. The third-order valence-corrected chi connectivity index (χ3v) is 8.22. The maximum atomic E-state index is 13.2. The molecule has 0 unspecified atom stereocenters. The van der Waals surface area contributed by atoms with E-state index in [-0.39, 0.29) is 5.91 Å². The highest BCUT2D eigenvalue weighted by Gasteiger charge is 2.18. The molecule has 4 aromatic heterocycles. The summed E-state index contributed by atoms with van der Waals surface area (Å²) in [5, 5.41) is 10.4. The standard InChI is InChI=1S/C33H30N6O2S/c1-39-27-11-4-3-8-22(27)16-28(39)33(40)38-26-13-12-21(17-29(26)41-2)25-20-42-31-23(18-37-32(34)30(25)31)9-7-14-35-19-24-10-5-6-15-36-24/h3-13,15-18,20,35H,14,19H2,1-2H3,(H2,34,37)(H,38,40). The molecule has 8 nitrogen and oxygen atoms in total. The van der Waals surface area contributed by atoms with Crippen LogP contribution in [0.1, 0.15) is 21.7 Å². The highest BCUT2D eigenvalue weighted by molar-refractivity contribution is 7.18. The lowest BCUT2D eigenvalue weighted by Crippen LogP contribution is -2.16. The summed E-state index contributed by atoms with van der Waals surface area (Å²) >= 11 is 1.62. The lowest BCUT2D eigenvalue weighted by atomic mass is 10.0. The molecule has 6 aromatic rings. The summed E-state index contributed by atoms with van der Waals surface area (Å²) in [6.07, 6.45) is 7.74. The number of hydrogen-bond donors (Lipinski definition) is 3. The number of pyridine rings is 2. The largest absolute Gasteiger partial charge is 0.495 e. The third kappa shape index (κ3) is 5.35. The van der Waals surface area contributed by atoms with Crippen LogP contribution in [0.4, 0.5) is 11.5 Å². The molecular formula is C33H30N6O2S. The van der Waals surface area contributed by atoms with Crippen LogP contribution in [-0.4, -0.2) is 34.1 Å². The number of amides is 1. The molecule has 9 heteroatoms. The van der Waals surface area contributed by atoms with Crippen molar-refractivity contribution in [3.05, 3.63) is 108 Å². The number of carbonyl (C=O) groups excluding carboxylic acids is 1. The molecule has 0 aliphatic heterocycles. The quantitative estimate of drug-likeness (QED) is 0.170. The Bertz CT molecular complexity index is 1930. The summed E-state index contributed by atoms with van der Waals surface area (Å²) in [4.78, 5) is 22.0. The molecule has 0 bridgehead atoms. The van der Waals surface area contributed by atoms with Gasteiger partial charge in [-0.3, -0.25) is 9.78 Å². The number of nitrogens with one attached hydrogen (secondary N) is 2. The van der Waals surface area contributed by atoms with Gasteiger partial charge < -0.3 is 25.7 Å². The number of thiophene rings is 1. The molecule has 42 heavy (non-hydrogen) atoms. The second-order valence-electron chi connectivity index (χ2n) is 9.82. The highest BCUT2D eigenvalue weighted by Crippen LogP contribution is 2.41. The van der Waals surface area contributed by atoms with Crippen LogP contribution in [0.25, 0.3) is 38.2 Å². The van der Waals surface area contributed by atoms with Crippen LogP contribution in [-0.2, 0) is 13.6 Å². The Morgan fingerprint density at radius 2 is 1.95 bits per heavy atom. The molecule has 0 atom stereocenters. The Morgan fingerprint density at radius 3 is 2.76 bits per heavy atom. The number of hydrogen-bond acceptors (Lipinski definition) is 7. The van der Waals surface area contributed by atoms with Gasteiger partial charge in [0.25, 0.3) is 5.91 Å². The van der Waals surface area contributed by atoms with Crippen LogP contribution in [0.15, 0.2) is 90.6 Å². The number of nitrogens with two attached hydrogens (primary N) is 1. The van der Waals surface area contributed by atoms with E-state index in [2.05, 4.69) is 38.1 Å². The Balaban J connectivity index is 1.23. The summed E-state index contributed by atoms with van der Waals surface area (Å²) in [5.41, 5.74) is 12.4. The predicted molar refractivity (Wildman–Crippen MR) is 172 cm³/mol. The molecule has 0 saturated heterocycles. The van der Waals surface area contributed by atoms with Crippen molar-refractivity contribution in [2.75, 3.05) is 24.7 Å². The van der Waals surface area contributed by atoms with Gasteiger partial charge in [0.2, 0.25) is 0 Å². The van der Waals surface area contributed by atoms with Crippen molar-refractivity contribution < 1.29 is 9.53 Å². The van der Waals surface area contributed by atoms with Gasteiger partial charge in [-0.25, -0.2) is 4.98 Å². The van der Waals surface area contributed by atoms with Gasteiger partial charge in [-0.1, -0.05) is 42.5 Å². The van der Waals surface area contributed by atoms with Crippen LogP contribution in [0.2, 0.25) is 0 Å². The van der Waals surface area contributed by atoms with E-state index in [4.69, 9.17) is 10.5 Å². The average molecular weight is 575 g/mol. The van der Waals surface area contributed by atoms with Crippen molar-refractivity contribution in [2.45, 2.75) is 6.54 Å². The van der Waals surface area contributed by atoms with Crippen LogP contribution in [0.5, 0.6) is 5.75 Å².